The highest BCUT2D eigenvalue weighted by Gasteiger charge is 2.13. The lowest BCUT2D eigenvalue weighted by Crippen LogP contribution is -3.08. The Hall–Kier alpha value is -1.20. The van der Waals surface area contributed by atoms with Gasteiger partial charge in [0.2, 0.25) is 0 Å². The molecule has 0 aliphatic heterocycles. The highest BCUT2D eigenvalue weighted by molar-refractivity contribution is 7.98. The number of likely N-dealkylation sites (N-methyl/N-ethyl adjacent to an activating group) is 1. The highest BCUT2D eigenvalue weighted by Crippen LogP contribution is 2.29. The van der Waals surface area contributed by atoms with Gasteiger partial charge in [0, 0.05) is 10.5 Å². The third-order valence-electron chi connectivity index (χ3n) is 3.35. The molecule has 23 heavy (non-hydrogen) atoms. The molecule has 2 rings (SSSR count). The van der Waals surface area contributed by atoms with Gasteiger partial charge in [0.15, 0.2) is 6.54 Å². The SMILES string of the molecule is CSc1ccc(C[NH+](C)CC(=O)Nc2cccc(Cl)c2Cl)cc1. The molecule has 1 unspecified atom stereocenters. The number of nitrogens with one attached hydrogen (secondary N) is 2. The molecule has 0 radical (unpaired) electrons. The fraction of sp³-hybridized carbons (Fsp3) is 0.235. The second kappa shape index (κ2) is 8.60. The Balaban J connectivity index is 1.90. The number of anilines is 1. The van der Waals surface area contributed by atoms with Gasteiger partial charge in [0.1, 0.15) is 6.54 Å². The number of carbonyl (C=O) groups is 1. The van der Waals surface area contributed by atoms with Crippen molar-refractivity contribution in [3.05, 3.63) is 58.1 Å². The second-order valence-electron chi connectivity index (χ2n) is 5.31. The summed E-state index contributed by atoms with van der Waals surface area (Å²) in [6.45, 7) is 1.14. The van der Waals surface area contributed by atoms with Gasteiger partial charge in [-0.2, -0.15) is 0 Å². The number of rotatable bonds is 6. The maximum atomic E-state index is 12.1. The van der Waals surface area contributed by atoms with E-state index in [4.69, 9.17) is 23.2 Å². The second-order valence-corrected chi connectivity index (χ2v) is 6.97. The minimum Gasteiger partial charge on any atom is -0.326 e. The topological polar surface area (TPSA) is 33.5 Å². The molecule has 1 amide bonds. The molecule has 122 valence electrons. The van der Waals surface area contributed by atoms with Crippen LogP contribution in [0.1, 0.15) is 5.56 Å². The zero-order valence-corrected chi connectivity index (χ0v) is 15.4. The average Bonchev–Trinajstić information content (AvgIpc) is 2.52. The Kier molecular flexibility index (Phi) is 6.78. The third kappa shape index (κ3) is 5.43. The molecule has 0 aliphatic rings. The van der Waals surface area contributed by atoms with Crippen molar-refractivity contribution < 1.29 is 9.69 Å². The van der Waals surface area contributed by atoms with E-state index in [2.05, 4.69) is 35.8 Å². The van der Waals surface area contributed by atoms with Crippen molar-refractivity contribution in [2.24, 2.45) is 0 Å². The van der Waals surface area contributed by atoms with Gasteiger partial charge < -0.3 is 10.2 Å². The molecule has 0 bridgehead atoms. The quantitative estimate of drug-likeness (QED) is 0.765. The van der Waals surface area contributed by atoms with E-state index < -0.39 is 0 Å². The summed E-state index contributed by atoms with van der Waals surface area (Å²) < 4.78 is 0. The van der Waals surface area contributed by atoms with Crippen molar-refractivity contribution in [2.45, 2.75) is 11.4 Å². The van der Waals surface area contributed by atoms with Gasteiger partial charge in [-0.25, -0.2) is 0 Å². The highest BCUT2D eigenvalue weighted by atomic mass is 35.5. The summed E-state index contributed by atoms with van der Waals surface area (Å²) in [5, 5.41) is 3.60. The van der Waals surface area contributed by atoms with Crippen LogP contribution in [0.2, 0.25) is 10.0 Å². The van der Waals surface area contributed by atoms with E-state index in [0.717, 1.165) is 11.4 Å². The van der Waals surface area contributed by atoms with Gasteiger partial charge in [-0.3, -0.25) is 4.79 Å². The molecule has 0 heterocycles. The first-order valence-corrected chi connectivity index (χ1v) is 9.15. The standard InChI is InChI=1S/C17H18Cl2N2OS/c1-21(10-12-6-8-13(23-2)9-7-12)11-16(22)20-15-5-3-4-14(18)17(15)19/h3-9H,10-11H2,1-2H3,(H,20,22)/p+1. The van der Waals surface area contributed by atoms with Crippen molar-refractivity contribution >= 4 is 46.6 Å². The lowest BCUT2D eigenvalue weighted by atomic mass is 10.2. The normalized spacial score (nSPS) is 12.0. The maximum Gasteiger partial charge on any atom is 0.279 e. The lowest BCUT2D eigenvalue weighted by Gasteiger charge is -2.14. The van der Waals surface area contributed by atoms with Crippen LogP contribution in [0.3, 0.4) is 0 Å². The van der Waals surface area contributed by atoms with Crippen LogP contribution in [-0.2, 0) is 11.3 Å². The van der Waals surface area contributed by atoms with Crippen molar-refractivity contribution in [1.29, 1.82) is 0 Å². The summed E-state index contributed by atoms with van der Waals surface area (Å²) in [6, 6.07) is 13.6. The predicted molar refractivity (Wildman–Crippen MR) is 98.8 cm³/mol. The molecule has 3 nitrogen and oxygen atoms in total. The predicted octanol–water partition coefficient (Wildman–Crippen LogP) is 3.37. The van der Waals surface area contributed by atoms with Crippen LogP contribution in [0.15, 0.2) is 47.4 Å². The number of benzene rings is 2. The first-order valence-electron chi connectivity index (χ1n) is 7.17. The average molecular weight is 370 g/mol. The molecule has 2 N–H and O–H groups in total. The number of hydrogen-bond donors (Lipinski definition) is 2. The molecule has 0 aliphatic carbocycles. The molecule has 0 spiro atoms. The fourth-order valence-electron chi connectivity index (χ4n) is 2.22. The Morgan fingerprint density at radius 3 is 2.52 bits per heavy atom. The molecule has 0 fully saturated rings. The van der Waals surface area contributed by atoms with Crippen molar-refractivity contribution in [3.8, 4) is 0 Å². The van der Waals surface area contributed by atoms with Gasteiger partial charge in [-0.1, -0.05) is 41.4 Å². The minimum absolute atomic E-state index is 0.0904. The van der Waals surface area contributed by atoms with Crippen molar-refractivity contribution in [3.63, 3.8) is 0 Å². The molecular formula is C17H19Cl2N2OS+. The number of quaternary nitrogens is 1. The Bertz CT molecular complexity index is 677. The fourth-order valence-corrected chi connectivity index (χ4v) is 2.98. The summed E-state index contributed by atoms with van der Waals surface area (Å²) in [6.07, 6.45) is 2.05. The smallest absolute Gasteiger partial charge is 0.279 e. The molecule has 0 saturated carbocycles. The van der Waals surface area contributed by atoms with E-state index in [1.54, 1.807) is 30.0 Å². The first kappa shape index (κ1) is 18.1. The van der Waals surface area contributed by atoms with E-state index in [-0.39, 0.29) is 5.91 Å². The van der Waals surface area contributed by atoms with Crippen LogP contribution in [0.4, 0.5) is 5.69 Å². The van der Waals surface area contributed by atoms with Crippen molar-refractivity contribution in [2.75, 3.05) is 25.2 Å². The Morgan fingerprint density at radius 1 is 1.17 bits per heavy atom. The number of hydrogen-bond acceptors (Lipinski definition) is 2. The van der Waals surface area contributed by atoms with Crippen molar-refractivity contribution in [1.82, 2.24) is 0 Å². The molecule has 2 aromatic rings. The van der Waals surface area contributed by atoms with E-state index >= 15 is 0 Å². The lowest BCUT2D eigenvalue weighted by molar-refractivity contribution is -0.885. The van der Waals surface area contributed by atoms with Gasteiger partial charge in [-0.15, -0.1) is 11.8 Å². The third-order valence-corrected chi connectivity index (χ3v) is 4.92. The Morgan fingerprint density at radius 2 is 1.87 bits per heavy atom. The Labute approximate surface area is 151 Å². The number of amides is 1. The molecular weight excluding hydrogens is 351 g/mol. The van der Waals surface area contributed by atoms with Crippen LogP contribution in [-0.4, -0.2) is 25.8 Å². The van der Waals surface area contributed by atoms with Crippen LogP contribution < -0.4 is 10.2 Å². The summed E-state index contributed by atoms with van der Waals surface area (Å²) in [4.78, 5) is 14.5. The van der Waals surface area contributed by atoms with E-state index in [1.165, 1.54) is 10.5 Å². The van der Waals surface area contributed by atoms with Crippen LogP contribution in [0.5, 0.6) is 0 Å². The number of halogens is 2. The summed E-state index contributed by atoms with van der Waals surface area (Å²) in [5.41, 5.74) is 1.75. The molecule has 2 aromatic carbocycles. The van der Waals surface area contributed by atoms with Gasteiger partial charge in [0.05, 0.1) is 22.8 Å². The monoisotopic (exact) mass is 369 g/mol. The molecule has 0 aromatic heterocycles. The minimum atomic E-state index is -0.0904. The molecule has 0 saturated heterocycles. The molecule has 6 heteroatoms. The van der Waals surface area contributed by atoms with Crippen LogP contribution >= 0.6 is 35.0 Å². The largest absolute Gasteiger partial charge is 0.326 e. The van der Waals surface area contributed by atoms with Gasteiger partial charge in [0.25, 0.3) is 5.91 Å². The van der Waals surface area contributed by atoms with E-state index in [0.29, 0.717) is 22.3 Å². The molecule has 1 atom stereocenters. The van der Waals surface area contributed by atoms with E-state index in [1.807, 2.05) is 7.05 Å². The number of carbonyl (C=O) groups excluding carboxylic acids is 1. The van der Waals surface area contributed by atoms with Gasteiger partial charge in [-0.05, 0) is 30.5 Å². The summed E-state index contributed by atoms with van der Waals surface area (Å²) >= 11 is 13.7. The summed E-state index contributed by atoms with van der Waals surface area (Å²) in [7, 11) is 1.99. The zero-order valence-electron chi connectivity index (χ0n) is 13.0. The van der Waals surface area contributed by atoms with E-state index in [9.17, 15) is 4.79 Å². The first-order chi connectivity index (χ1) is 11.0. The van der Waals surface area contributed by atoms with Crippen LogP contribution in [0, 0.1) is 0 Å². The van der Waals surface area contributed by atoms with Gasteiger partial charge >= 0.3 is 0 Å². The summed E-state index contributed by atoms with van der Waals surface area (Å²) in [5.74, 6) is -0.0904. The number of thioether (sulfide) groups is 1. The van der Waals surface area contributed by atoms with Crippen LogP contribution in [0.25, 0.3) is 0 Å². The maximum absolute atomic E-state index is 12.1. The zero-order chi connectivity index (χ0) is 16.8.